The van der Waals surface area contributed by atoms with Crippen LogP contribution in [0.1, 0.15) is 26.2 Å². The molecule has 5 heterocycles. The van der Waals surface area contributed by atoms with E-state index in [-0.39, 0.29) is 18.1 Å². The van der Waals surface area contributed by atoms with Crippen molar-refractivity contribution in [3.05, 3.63) is 23.4 Å². The minimum absolute atomic E-state index is 0.0115. The summed E-state index contributed by atoms with van der Waals surface area (Å²) in [7, 11) is 0. The zero-order valence-corrected chi connectivity index (χ0v) is 14.9. The second-order valence-corrected chi connectivity index (χ2v) is 7.40. The molecule has 3 saturated heterocycles. The van der Waals surface area contributed by atoms with Gasteiger partial charge in [-0.3, -0.25) is 4.99 Å². The van der Waals surface area contributed by atoms with E-state index in [0.29, 0.717) is 12.6 Å². The van der Waals surface area contributed by atoms with Gasteiger partial charge in [-0.05, 0) is 69.6 Å². The van der Waals surface area contributed by atoms with E-state index in [2.05, 4.69) is 20.5 Å². The molecule has 136 valence electrons. The van der Waals surface area contributed by atoms with Gasteiger partial charge < -0.3 is 20.3 Å². The van der Waals surface area contributed by atoms with Gasteiger partial charge in [-0.2, -0.15) is 0 Å². The molecular weight excluding hydrogens is 316 g/mol. The van der Waals surface area contributed by atoms with Crippen molar-refractivity contribution >= 4 is 12.2 Å². The van der Waals surface area contributed by atoms with Gasteiger partial charge in [-0.1, -0.05) is 0 Å². The third kappa shape index (κ3) is 3.37. The Hall–Kier alpha value is -1.66. The summed E-state index contributed by atoms with van der Waals surface area (Å²) in [6.07, 6.45) is 9.10. The molecule has 0 amide bonds. The number of carbonyl (C=O) groups excluding carboxylic acids is 1. The molecule has 0 aromatic carbocycles. The summed E-state index contributed by atoms with van der Waals surface area (Å²) in [4.78, 5) is 19.3. The number of nitrogens with zero attached hydrogens (tertiary/aromatic N) is 2. The molecule has 2 bridgehead atoms. The van der Waals surface area contributed by atoms with Gasteiger partial charge in [-0.25, -0.2) is 4.79 Å². The molecule has 3 fully saturated rings. The Kier molecular flexibility index (Phi) is 4.90. The van der Waals surface area contributed by atoms with Gasteiger partial charge in [-0.15, -0.1) is 0 Å². The number of aliphatic imine (C=N–C) groups is 1. The molecule has 0 aliphatic carbocycles. The van der Waals surface area contributed by atoms with Crippen LogP contribution >= 0.6 is 0 Å². The van der Waals surface area contributed by atoms with Gasteiger partial charge in [0.05, 0.1) is 12.5 Å². The van der Waals surface area contributed by atoms with Gasteiger partial charge in [0, 0.05) is 24.4 Å². The first kappa shape index (κ1) is 16.8. The monoisotopic (exact) mass is 344 g/mol. The van der Waals surface area contributed by atoms with E-state index in [0.717, 1.165) is 24.5 Å². The largest absolute Gasteiger partial charge is 0.463 e. The highest BCUT2D eigenvalue weighted by Gasteiger charge is 2.37. The molecule has 3 atom stereocenters. The lowest BCUT2D eigenvalue weighted by molar-refractivity contribution is -0.139. The number of ether oxygens (including phenoxy) is 1. The third-order valence-electron chi connectivity index (χ3n) is 5.98. The van der Waals surface area contributed by atoms with E-state index in [9.17, 15) is 4.79 Å². The van der Waals surface area contributed by atoms with Crippen LogP contribution in [-0.4, -0.2) is 62.1 Å². The number of dihydropyridines is 1. The van der Waals surface area contributed by atoms with E-state index in [1.54, 1.807) is 12.3 Å². The SMILES string of the molecule is CCOC(=O)C1=CC=NC2NC=C(CCN[C@H]3CN4CCC3CC4)C12. The van der Waals surface area contributed by atoms with Gasteiger partial charge in [0.15, 0.2) is 0 Å². The van der Waals surface area contributed by atoms with Crippen molar-refractivity contribution in [1.29, 1.82) is 0 Å². The molecule has 5 aliphatic rings. The molecule has 25 heavy (non-hydrogen) atoms. The van der Waals surface area contributed by atoms with Crippen LogP contribution < -0.4 is 10.6 Å². The molecule has 2 unspecified atom stereocenters. The second-order valence-electron chi connectivity index (χ2n) is 7.40. The molecule has 0 aromatic rings. The molecule has 2 N–H and O–H groups in total. The topological polar surface area (TPSA) is 66.0 Å². The molecule has 5 rings (SSSR count). The average molecular weight is 344 g/mol. The molecule has 0 saturated carbocycles. The van der Waals surface area contributed by atoms with Gasteiger partial charge in [0.2, 0.25) is 0 Å². The minimum atomic E-state index is -0.219. The third-order valence-corrected chi connectivity index (χ3v) is 5.98. The molecule has 6 heteroatoms. The first-order valence-electron chi connectivity index (χ1n) is 9.57. The molecule has 6 nitrogen and oxygen atoms in total. The zero-order valence-electron chi connectivity index (χ0n) is 14.9. The fourth-order valence-electron chi connectivity index (χ4n) is 4.64. The van der Waals surface area contributed by atoms with E-state index in [4.69, 9.17) is 4.74 Å². The van der Waals surface area contributed by atoms with Crippen LogP contribution in [0.15, 0.2) is 28.4 Å². The fraction of sp³-hybridized carbons (Fsp3) is 0.684. The van der Waals surface area contributed by atoms with E-state index >= 15 is 0 Å². The maximum absolute atomic E-state index is 12.3. The van der Waals surface area contributed by atoms with E-state index in [1.165, 1.54) is 38.0 Å². The highest BCUT2D eigenvalue weighted by molar-refractivity contribution is 5.96. The zero-order chi connectivity index (χ0) is 17.2. The Morgan fingerprint density at radius 2 is 2.28 bits per heavy atom. The summed E-state index contributed by atoms with van der Waals surface area (Å²) < 4.78 is 5.23. The normalized spacial score (nSPS) is 35.6. The van der Waals surface area contributed by atoms with E-state index < -0.39 is 0 Å². The van der Waals surface area contributed by atoms with Crippen LogP contribution in [0, 0.1) is 11.8 Å². The number of hydrogen-bond acceptors (Lipinski definition) is 6. The maximum atomic E-state index is 12.3. The van der Waals surface area contributed by atoms with Crippen molar-refractivity contribution < 1.29 is 9.53 Å². The number of fused-ring (bicyclic) bond motifs is 4. The summed E-state index contributed by atoms with van der Waals surface area (Å²) in [5.41, 5.74) is 1.97. The minimum Gasteiger partial charge on any atom is -0.463 e. The lowest BCUT2D eigenvalue weighted by Gasteiger charge is -2.45. The Morgan fingerprint density at radius 3 is 3.00 bits per heavy atom. The summed E-state index contributed by atoms with van der Waals surface area (Å²) in [6, 6.07) is 0.623. The summed E-state index contributed by atoms with van der Waals surface area (Å²) in [5, 5.41) is 7.07. The Bertz CT molecular complexity index is 605. The number of hydrogen-bond donors (Lipinski definition) is 2. The van der Waals surface area contributed by atoms with Gasteiger partial charge >= 0.3 is 5.97 Å². The van der Waals surface area contributed by atoms with E-state index in [1.807, 2.05) is 13.1 Å². The van der Waals surface area contributed by atoms with Crippen LogP contribution in [0.2, 0.25) is 0 Å². The lowest BCUT2D eigenvalue weighted by atomic mass is 9.83. The molecule has 5 aliphatic heterocycles. The van der Waals surface area contributed by atoms with Crippen LogP contribution in [0.25, 0.3) is 0 Å². The predicted molar refractivity (Wildman–Crippen MR) is 97.3 cm³/mol. The molecule has 0 aromatic heterocycles. The lowest BCUT2D eigenvalue weighted by Crippen LogP contribution is -2.56. The number of rotatable bonds is 6. The Balaban J connectivity index is 1.34. The van der Waals surface area contributed by atoms with Crippen LogP contribution in [0.5, 0.6) is 0 Å². The van der Waals surface area contributed by atoms with Crippen molar-refractivity contribution in [2.24, 2.45) is 16.8 Å². The summed E-state index contributed by atoms with van der Waals surface area (Å²) in [6.45, 7) is 6.92. The quantitative estimate of drug-likeness (QED) is 0.706. The number of nitrogens with one attached hydrogen (secondary N) is 2. The predicted octanol–water partition coefficient (Wildman–Crippen LogP) is 1.06. The smallest absolute Gasteiger partial charge is 0.334 e. The highest BCUT2D eigenvalue weighted by Crippen LogP contribution is 2.34. The number of carbonyl (C=O) groups is 1. The van der Waals surface area contributed by atoms with Crippen LogP contribution in [0.3, 0.4) is 0 Å². The highest BCUT2D eigenvalue weighted by atomic mass is 16.5. The van der Waals surface area contributed by atoms with Crippen molar-refractivity contribution in [2.45, 2.75) is 38.4 Å². The van der Waals surface area contributed by atoms with Crippen molar-refractivity contribution in [2.75, 3.05) is 32.8 Å². The van der Waals surface area contributed by atoms with Gasteiger partial charge in [0.1, 0.15) is 6.17 Å². The number of allylic oxidation sites excluding steroid dienone is 1. The molecular formula is C19H28N4O2. The number of esters is 1. The van der Waals surface area contributed by atoms with Crippen molar-refractivity contribution in [3.63, 3.8) is 0 Å². The maximum Gasteiger partial charge on any atom is 0.334 e. The summed E-state index contributed by atoms with van der Waals surface area (Å²) in [5.74, 6) is 0.628. The standard InChI is InChI=1S/C19H28N4O2/c1-2-25-19(24)15-4-8-21-18-17(15)14(11-22-18)3-7-20-16-12-23-9-5-13(16)6-10-23/h4,8,11,13,16-18,20,22H,2-3,5-7,9-10,12H2,1H3/t16-,17?,18?/m0/s1. The molecule has 0 radical (unpaired) electrons. The van der Waals surface area contributed by atoms with Crippen molar-refractivity contribution in [1.82, 2.24) is 15.5 Å². The van der Waals surface area contributed by atoms with Gasteiger partial charge in [0.25, 0.3) is 0 Å². The van der Waals surface area contributed by atoms with Crippen LogP contribution in [-0.2, 0) is 9.53 Å². The number of piperidine rings is 3. The Morgan fingerprint density at radius 1 is 1.44 bits per heavy atom. The fourth-order valence-corrected chi connectivity index (χ4v) is 4.64. The van der Waals surface area contributed by atoms with Crippen LogP contribution in [0.4, 0.5) is 0 Å². The first-order chi connectivity index (χ1) is 12.3. The molecule has 0 spiro atoms. The van der Waals surface area contributed by atoms with Crippen molar-refractivity contribution in [3.8, 4) is 0 Å². The average Bonchev–Trinajstić information content (AvgIpc) is 3.06. The Labute approximate surface area is 149 Å². The summed E-state index contributed by atoms with van der Waals surface area (Å²) >= 11 is 0. The first-order valence-corrected chi connectivity index (χ1v) is 9.57. The second kappa shape index (κ2) is 7.30.